The van der Waals surface area contributed by atoms with Crippen LogP contribution in [-0.2, 0) is 9.59 Å². The van der Waals surface area contributed by atoms with Gasteiger partial charge < -0.3 is 4.74 Å². The molecule has 1 aromatic carbocycles. The summed E-state index contributed by atoms with van der Waals surface area (Å²) in [6, 6.07) is 6.21. The maximum absolute atomic E-state index is 12.8. The summed E-state index contributed by atoms with van der Waals surface area (Å²) in [7, 11) is 1.50. The van der Waals surface area contributed by atoms with E-state index >= 15 is 0 Å². The summed E-state index contributed by atoms with van der Waals surface area (Å²) in [5.41, 5.74) is 1.75. The van der Waals surface area contributed by atoms with Crippen LogP contribution in [-0.4, -0.2) is 35.9 Å². The van der Waals surface area contributed by atoms with Crippen molar-refractivity contribution in [2.24, 2.45) is 0 Å². The van der Waals surface area contributed by atoms with Crippen molar-refractivity contribution < 1.29 is 19.1 Å². The minimum atomic E-state index is -0.706. The number of hydrogen-bond acceptors (Lipinski definition) is 5. The van der Waals surface area contributed by atoms with Crippen LogP contribution >= 0.6 is 0 Å². The van der Waals surface area contributed by atoms with E-state index < -0.39 is 11.9 Å². The Balaban J connectivity index is 1.89. The van der Waals surface area contributed by atoms with Crippen LogP contribution in [0.3, 0.4) is 0 Å². The Morgan fingerprint density at radius 1 is 1.30 bits per heavy atom. The fraction of sp³-hybridized carbons (Fsp3) is 0.250. The summed E-state index contributed by atoms with van der Waals surface area (Å²) in [6.07, 6.45) is 0.512. The zero-order valence-corrected chi connectivity index (χ0v) is 12.3. The Morgan fingerprint density at radius 3 is 2.87 bits per heavy atom. The number of piperidine rings is 1. The van der Waals surface area contributed by atoms with E-state index in [1.807, 2.05) is 0 Å². The standard InChI is InChI=1S/C16H13N3O4/c1-23-13-7-11-14-8(3-2-4-9(14)17-13)16(22)19(11)10-5-6-12(20)18-15(10)21/h2-4,7,10H,5-6H2,1H3,(H,18,20,21). The Labute approximate surface area is 131 Å². The summed E-state index contributed by atoms with van der Waals surface area (Å²) in [4.78, 5) is 42.1. The van der Waals surface area contributed by atoms with Gasteiger partial charge in [-0.3, -0.25) is 24.6 Å². The van der Waals surface area contributed by atoms with Crippen molar-refractivity contribution in [3.05, 3.63) is 29.8 Å². The third-order valence-corrected chi connectivity index (χ3v) is 4.23. The van der Waals surface area contributed by atoms with Crippen molar-refractivity contribution in [3.63, 3.8) is 0 Å². The molecule has 0 bridgehead atoms. The van der Waals surface area contributed by atoms with Crippen molar-refractivity contribution in [1.82, 2.24) is 10.3 Å². The number of carbonyl (C=O) groups is 3. The average molecular weight is 311 g/mol. The number of nitrogens with zero attached hydrogens (tertiary/aromatic N) is 2. The number of nitrogens with one attached hydrogen (secondary N) is 1. The van der Waals surface area contributed by atoms with Gasteiger partial charge in [-0.2, -0.15) is 0 Å². The molecule has 4 rings (SSSR count). The number of carbonyl (C=O) groups excluding carboxylic acids is 3. The number of ether oxygens (including phenoxy) is 1. The number of benzene rings is 1. The molecule has 1 atom stereocenters. The lowest BCUT2D eigenvalue weighted by Gasteiger charge is -2.30. The summed E-state index contributed by atoms with van der Waals surface area (Å²) in [6.45, 7) is 0. The molecule has 0 aliphatic carbocycles. The fourth-order valence-corrected chi connectivity index (χ4v) is 3.19. The van der Waals surface area contributed by atoms with E-state index in [4.69, 9.17) is 4.74 Å². The minimum absolute atomic E-state index is 0.210. The highest BCUT2D eigenvalue weighted by atomic mass is 16.5. The zero-order chi connectivity index (χ0) is 16.1. The van der Waals surface area contributed by atoms with Crippen LogP contribution in [0.5, 0.6) is 5.88 Å². The number of hydrogen-bond donors (Lipinski definition) is 1. The Hall–Kier alpha value is -2.96. The van der Waals surface area contributed by atoms with E-state index in [1.165, 1.54) is 12.0 Å². The molecule has 1 aromatic heterocycles. The van der Waals surface area contributed by atoms with Gasteiger partial charge in [0.25, 0.3) is 5.91 Å². The average Bonchev–Trinajstić information content (AvgIpc) is 2.82. The van der Waals surface area contributed by atoms with Gasteiger partial charge in [0.05, 0.1) is 23.9 Å². The van der Waals surface area contributed by atoms with E-state index in [9.17, 15) is 14.4 Å². The number of pyridine rings is 1. The molecule has 2 aliphatic heterocycles. The summed E-state index contributed by atoms with van der Waals surface area (Å²) in [5, 5.41) is 3.01. The van der Waals surface area contributed by atoms with Gasteiger partial charge in [0.1, 0.15) is 6.04 Å². The lowest BCUT2D eigenvalue weighted by molar-refractivity contribution is -0.134. The van der Waals surface area contributed by atoms with E-state index in [1.54, 1.807) is 24.3 Å². The van der Waals surface area contributed by atoms with Crippen LogP contribution in [0.15, 0.2) is 24.3 Å². The van der Waals surface area contributed by atoms with E-state index in [2.05, 4.69) is 10.3 Å². The quantitative estimate of drug-likeness (QED) is 0.836. The minimum Gasteiger partial charge on any atom is -0.481 e. The molecule has 1 fully saturated rings. The number of anilines is 1. The van der Waals surface area contributed by atoms with Gasteiger partial charge in [-0.05, 0) is 18.6 Å². The van der Waals surface area contributed by atoms with Crippen LogP contribution in [0.4, 0.5) is 5.69 Å². The molecular formula is C16H13N3O4. The van der Waals surface area contributed by atoms with Crippen LogP contribution < -0.4 is 15.0 Å². The predicted octanol–water partition coefficient (Wildman–Crippen LogP) is 1.01. The predicted molar refractivity (Wildman–Crippen MR) is 81.3 cm³/mol. The van der Waals surface area contributed by atoms with Crippen molar-refractivity contribution in [1.29, 1.82) is 0 Å². The molecule has 116 valence electrons. The third-order valence-electron chi connectivity index (χ3n) is 4.23. The lowest BCUT2D eigenvalue weighted by Crippen LogP contribution is -2.53. The largest absolute Gasteiger partial charge is 0.481 e. The Kier molecular flexibility index (Phi) is 2.84. The number of amides is 3. The summed E-state index contributed by atoms with van der Waals surface area (Å²) < 4.78 is 5.20. The molecule has 0 saturated carbocycles. The number of aromatic nitrogens is 1. The van der Waals surface area contributed by atoms with Gasteiger partial charge in [0, 0.05) is 17.9 Å². The molecule has 0 radical (unpaired) electrons. The molecule has 3 amide bonds. The Bertz CT molecular complexity index is 877. The van der Waals surface area contributed by atoms with Gasteiger partial charge in [-0.15, -0.1) is 0 Å². The highest BCUT2D eigenvalue weighted by molar-refractivity contribution is 6.26. The number of imide groups is 1. The molecular weight excluding hydrogens is 298 g/mol. The summed E-state index contributed by atoms with van der Waals surface area (Å²) >= 11 is 0. The molecule has 1 unspecified atom stereocenters. The van der Waals surface area contributed by atoms with Gasteiger partial charge in [0.15, 0.2) is 0 Å². The molecule has 1 N–H and O–H groups in total. The SMILES string of the molecule is COc1cc2c3c(cccc3n1)C(=O)N2C1CCC(=O)NC1=O. The third kappa shape index (κ3) is 1.89. The molecule has 7 nitrogen and oxygen atoms in total. The summed E-state index contributed by atoms with van der Waals surface area (Å²) in [5.74, 6) is -0.647. The van der Waals surface area contributed by atoms with E-state index in [-0.39, 0.29) is 18.2 Å². The first kappa shape index (κ1) is 13.7. The Morgan fingerprint density at radius 2 is 2.13 bits per heavy atom. The van der Waals surface area contributed by atoms with Crippen molar-refractivity contribution in [2.75, 3.05) is 12.0 Å². The molecule has 2 aromatic rings. The highest BCUT2D eigenvalue weighted by Crippen LogP contribution is 2.40. The molecule has 23 heavy (non-hydrogen) atoms. The van der Waals surface area contributed by atoms with Crippen LogP contribution in [0, 0.1) is 0 Å². The second-order valence-electron chi connectivity index (χ2n) is 5.53. The highest BCUT2D eigenvalue weighted by Gasteiger charge is 2.41. The lowest BCUT2D eigenvalue weighted by atomic mass is 10.0. The van der Waals surface area contributed by atoms with Crippen LogP contribution in [0.1, 0.15) is 23.2 Å². The smallest absolute Gasteiger partial charge is 0.259 e. The van der Waals surface area contributed by atoms with E-state index in [0.717, 1.165) is 0 Å². The van der Waals surface area contributed by atoms with Crippen molar-refractivity contribution in [3.8, 4) is 5.88 Å². The molecule has 7 heteroatoms. The number of methoxy groups -OCH3 is 1. The molecule has 2 aliphatic rings. The van der Waals surface area contributed by atoms with Crippen molar-refractivity contribution >= 4 is 34.3 Å². The first-order valence-corrected chi connectivity index (χ1v) is 7.25. The second kappa shape index (κ2) is 4.77. The number of rotatable bonds is 2. The molecule has 1 saturated heterocycles. The van der Waals surface area contributed by atoms with Crippen molar-refractivity contribution in [2.45, 2.75) is 18.9 Å². The first-order valence-electron chi connectivity index (χ1n) is 7.25. The topological polar surface area (TPSA) is 88.6 Å². The van der Waals surface area contributed by atoms with Crippen LogP contribution in [0.2, 0.25) is 0 Å². The normalized spacial score (nSPS) is 20.1. The monoisotopic (exact) mass is 311 g/mol. The molecule has 3 heterocycles. The van der Waals surface area contributed by atoms with Gasteiger partial charge in [-0.1, -0.05) is 6.07 Å². The maximum atomic E-state index is 12.8. The van der Waals surface area contributed by atoms with Gasteiger partial charge in [-0.25, -0.2) is 4.98 Å². The second-order valence-corrected chi connectivity index (χ2v) is 5.53. The fourth-order valence-electron chi connectivity index (χ4n) is 3.19. The van der Waals surface area contributed by atoms with Crippen LogP contribution in [0.25, 0.3) is 10.9 Å². The maximum Gasteiger partial charge on any atom is 0.259 e. The van der Waals surface area contributed by atoms with E-state index in [0.29, 0.717) is 34.5 Å². The molecule has 0 spiro atoms. The first-order chi connectivity index (χ1) is 11.1. The van der Waals surface area contributed by atoms with Gasteiger partial charge in [0.2, 0.25) is 17.7 Å². The van der Waals surface area contributed by atoms with Gasteiger partial charge >= 0.3 is 0 Å². The zero-order valence-electron chi connectivity index (χ0n) is 12.3.